The molecule has 0 aromatic carbocycles. The Morgan fingerprint density at radius 1 is 1.50 bits per heavy atom. The molecule has 0 amide bonds. The number of hydrogen-bond donors (Lipinski definition) is 1. The zero-order valence-corrected chi connectivity index (χ0v) is 11.3. The monoisotopic (exact) mass is 356 g/mol. The first-order valence-electron chi connectivity index (χ1n) is 3.45. The summed E-state index contributed by atoms with van der Waals surface area (Å²) >= 11 is 14.2. The first-order chi connectivity index (χ1) is 6.59. The molecule has 2 aromatic heterocycles. The molecule has 0 aliphatic carbocycles. The third-order valence-electron chi connectivity index (χ3n) is 1.56. The minimum atomic E-state index is 0.205. The normalized spacial score (nSPS) is 10.8. The highest BCUT2D eigenvalue weighted by molar-refractivity contribution is 9.12. The van der Waals surface area contributed by atoms with E-state index in [9.17, 15) is 0 Å². The standard InChI is InChI=1S/C7H3Br2ClN2OS/c8-3-1-2(6(9)14-3)5-4(10)7(11)12-13-5/h1H,(H2,11,12). The molecule has 74 valence electrons. The summed E-state index contributed by atoms with van der Waals surface area (Å²) in [6.45, 7) is 0. The van der Waals surface area contributed by atoms with Crippen molar-refractivity contribution in [2.45, 2.75) is 0 Å². The van der Waals surface area contributed by atoms with Gasteiger partial charge in [0, 0.05) is 5.56 Å². The number of thiophene rings is 1. The van der Waals surface area contributed by atoms with Crippen molar-refractivity contribution in [1.82, 2.24) is 5.16 Å². The van der Waals surface area contributed by atoms with Gasteiger partial charge in [0.15, 0.2) is 11.6 Å². The van der Waals surface area contributed by atoms with Crippen LogP contribution in [0.15, 0.2) is 18.2 Å². The maximum Gasteiger partial charge on any atom is 0.189 e. The Bertz CT molecular complexity index is 482. The van der Waals surface area contributed by atoms with Crippen LogP contribution in [0.5, 0.6) is 0 Å². The third kappa shape index (κ3) is 1.71. The van der Waals surface area contributed by atoms with Gasteiger partial charge in [0.1, 0.15) is 5.02 Å². The van der Waals surface area contributed by atoms with Gasteiger partial charge in [-0.2, -0.15) is 0 Å². The Labute approximate surface area is 105 Å². The van der Waals surface area contributed by atoms with Crippen LogP contribution in [-0.2, 0) is 0 Å². The van der Waals surface area contributed by atoms with Crippen LogP contribution in [0.1, 0.15) is 0 Å². The Kier molecular flexibility index (Phi) is 2.88. The van der Waals surface area contributed by atoms with E-state index in [1.807, 2.05) is 6.07 Å². The number of nitrogens with zero attached hydrogens (tertiary/aromatic N) is 1. The molecule has 2 rings (SSSR count). The smallest absolute Gasteiger partial charge is 0.189 e. The first-order valence-corrected chi connectivity index (χ1v) is 6.23. The molecule has 2 aromatic rings. The van der Waals surface area contributed by atoms with Crippen LogP contribution in [-0.4, -0.2) is 5.16 Å². The van der Waals surface area contributed by atoms with E-state index in [4.69, 9.17) is 21.9 Å². The molecule has 0 atom stereocenters. The van der Waals surface area contributed by atoms with E-state index in [0.29, 0.717) is 10.8 Å². The number of hydrogen-bond acceptors (Lipinski definition) is 4. The Hall–Kier alpha value is -0.0400. The summed E-state index contributed by atoms with van der Waals surface area (Å²) in [5, 5.41) is 3.93. The summed E-state index contributed by atoms with van der Waals surface area (Å²) in [7, 11) is 0. The molecular formula is C7H3Br2ClN2OS. The number of nitrogen functional groups attached to an aromatic ring is 1. The third-order valence-corrected chi connectivity index (χ3v) is 4.27. The molecule has 0 unspecified atom stereocenters. The summed E-state index contributed by atoms with van der Waals surface area (Å²) in [4.78, 5) is 0. The van der Waals surface area contributed by atoms with Crippen molar-refractivity contribution >= 4 is 60.6 Å². The SMILES string of the molecule is Nc1noc(-c2cc(Br)sc2Br)c1Cl. The van der Waals surface area contributed by atoms with E-state index in [2.05, 4.69) is 37.0 Å². The van der Waals surface area contributed by atoms with Crippen molar-refractivity contribution in [3.05, 3.63) is 18.7 Å². The van der Waals surface area contributed by atoms with E-state index in [-0.39, 0.29) is 5.82 Å². The fourth-order valence-corrected chi connectivity index (χ4v) is 3.92. The van der Waals surface area contributed by atoms with Crippen LogP contribution in [0.3, 0.4) is 0 Å². The Balaban J connectivity index is 2.59. The van der Waals surface area contributed by atoms with Crippen molar-refractivity contribution in [1.29, 1.82) is 0 Å². The van der Waals surface area contributed by atoms with Gasteiger partial charge in [-0.15, -0.1) is 11.3 Å². The number of anilines is 1. The fourth-order valence-electron chi connectivity index (χ4n) is 0.954. The fraction of sp³-hybridized carbons (Fsp3) is 0. The molecule has 3 nitrogen and oxygen atoms in total. The molecule has 0 bridgehead atoms. The second-order valence-corrected chi connectivity index (χ2v) is 6.58. The molecule has 0 aliphatic rings. The van der Waals surface area contributed by atoms with Gasteiger partial charge < -0.3 is 10.3 Å². The zero-order valence-electron chi connectivity index (χ0n) is 6.55. The lowest BCUT2D eigenvalue weighted by atomic mass is 10.2. The second kappa shape index (κ2) is 3.84. The van der Waals surface area contributed by atoms with Gasteiger partial charge in [0.05, 0.1) is 7.57 Å². The highest BCUT2D eigenvalue weighted by Crippen LogP contribution is 2.42. The lowest BCUT2D eigenvalue weighted by Gasteiger charge is -1.91. The molecule has 7 heteroatoms. The van der Waals surface area contributed by atoms with Gasteiger partial charge >= 0.3 is 0 Å². The summed E-state index contributed by atoms with van der Waals surface area (Å²) in [6, 6.07) is 1.89. The average Bonchev–Trinajstić information content (AvgIpc) is 2.59. The van der Waals surface area contributed by atoms with Gasteiger partial charge in [-0.25, -0.2) is 0 Å². The largest absolute Gasteiger partial charge is 0.380 e. The maximum atomic E-state index is 5.91. The van der Waals surface area contributed by atoms with Gasteiger partial charge in [-0.1, -0.05) is 16.8 Å². The molecule has 0 saturated carbocycles. The molecule has 0 saturated heterocycles. The second-order valence-electron chi connectivity index (χ2n) is 2.45. The lowest BCUT2D eigenvalue weighted by Crippen LogP contribution is -1.82. The number of halogens is 3. The van der Waals surface area contributed by atoms with Crippen molar-refractivity contribution in [3.8, 4) is 11.3 Å². The first kappa shape index (κ1) is 10.5. The van der Waals surface area contributed by atoms with Crippen LogP contribution < -0.4 is 5.73 Å². The minimum absolute atomic E-state index is 0.205. The van der Waals surface area contributed by atoms with Crippen molar-refractivity contribution < 1.29 is 4.52 Å². The molecule has 2 heterocycles. The number of aromatic nitrogens is 1. The highest BCUT2D eigenvalue weighted by atomic mass is 79.9. The molecule has 14 heavy (non-hydrogen) atoms. The molecular weight excluding hydrogens is 355 g/mol. The lowest BCUT2D eigenvalue weighted by molar-refractivity contribution is 0.436. The molecule has 0 aliphatic heterocycles. The molecule has 0 radical (unpaired) electrons. The van der Waals surface area contributed by atoms with Crippen molar-refractivity contribution in [3.63, 3.8) is 0 Å². The summed E-state index contributed by atoms with van der Waals surface area (Å²) in [5.74, 6) is 0.689. The molecule has 2 N–H and O–H groups in total. The average molecular weight is 358 g/mol. The summed E-state index contributed by atoms with van der Waals surface area (Å²) in [6.07, 6.45) is 0. The molecule has 0 fully saturated rings. The van der Waals surface area contributed by atoms with E-state index >= 15 is 0 Å². The van der Waals surface area contributed by atoms with Crippen molar-refractivity contribution in [2.24, 2.45) is 0 Å². The zero-order chi connectivity index (χ0) is 10.3. The van der Waals surface area contributed by atoms with Gasteiger partial charge in [0.2, 0.25) is 0 Å². The van der Waals surface area contributed by atoms with Crippen LogP contribution in [0, 0.1) is 0 Å². The van der Waals surface area contributed by atoms with E-state index in [1.54, 1.807) is 0 Å². The van der Waals surface area contributed by atoms with Crippen LogP contribution in [0.25, 0.3) is 11.3 Å². The Morgan fingerprint density at radius 3 is 2.64 bits per heavy atom. The van der Waals surface area contributed by atoms with Gasteiger partial charge in [-0.3, -0.25) is 0 Å². The summed E-state index contributed by atoms with van der Waals surface area (Å²) < 4.78 is 6.92. The van der Waals surface area contributed by atoms with E-state index in [0.717, 1.165) is 13.1 Å². The van der Waals surface area contributed by atoms with E-state index in [1.165, 1.54) is 11.3 Å². The predicted molar refractivity (Wildman–Crippen MR) is 64.6 cm³/mol. The topological polar surface area (TPSA) is 52.0 Å². The van der Waals surface area contributed by atoms with Crippen LogP contribution >= 0.6 is 54.8 Å². The maximum absolute atomic E-state index is 5.91. The minimum Gasteiger partial charge on any atom is -0.380 e. The van der Waals surface area contributed by atoms with Crippen LogP contribution in [0.2, 0.25) is 5.02 Å². The molecule has 0 spiro atoms. The van der Waals surface area contributed by atoms with E-state index < -0.39 is 0 Å². The highest BCUT2D eigenvalue weighted by Gasteiger charge is 2.18. The predicted octanol–water partition coefficient (Wildman–Crippen LogP) is 4.16. The number of nitrogens with two attached hydrogens (primary N) is 1. The number of rotatable bonds is 1. The van der Waals surface area contributed by atoms with Gasteiger partial charge in [-0.05, 0) is 37.9 Å². The van der Waals surface area contributed by atoms with Crippen LogP contribution in [0.4, 0.5) is 5.82 Å². The summed E-state index contributed by atoms with van der Waals surface area (Å²) in [5.41, 5.74) is 6.32. The van der Waals surface area contributed by atoms with Gasteiger partial charge in [0.25, 0.3) is 0 Å². The quantitative estimate of drug-likeness (QED) is 0.833. The van der Waals surface area contributed by atoms with Crippen molar-refractivity contribution in [2.75, 3.05) is 5.73 Å². The Morgan fingerprint density at radius 2 is 2.21 bits per heavy atom.